The molecule has 296 valence electrons. The highest BCUT2D eigenvalue weighted by atomic mass is 19.4. The third-order valence-electron chi connectivity index (χ3n) is 4.66. The van der Waals surface area contributed by atoms with E-state index in [0.29, 0.717) is 0 Å². The minimum absolute atomic E-state index is 0.845. The van der Waals surface area contributed by atoms with Crippen molar-refractivity contribution in [3.63, 3.8) is 0 Å². The minimum atomic E-state index is -9.19. The molecule has 0 aromatic heterocycles. The van der Waals surface area contributed by atoms with Gasteiger partial charge in [-0.25, -0.2) is 0 Å². The van der Waals surface area contributed by atoms with Gasteiger partial charge in [-0.15, -0.1) is 0 Å². The predicted octanol–water partition coefficient (Wildman–Crippen LogP) is 8.53. The van der Waals surface area contributed by atoms with Gasteiger partial charge < -0.3 is 5.11 Å². The Morgan fingerprint density at radius 2 is 0.510 bits per heavy atom. The Hall–Kier alpha value is -2.23. The first-order valence-corrected chi connectivity index (χ1v) is 10.0. The number of hydrogen-bond donors (Lipinski definition) is 1. The van der Waals surface area contributed by atoms with Crippen LogP contribution in [0.4, 0.5) is 127 Å². The van der Waals surface area contributed by atoms with Crippen molar-refractivity contribution in [2.75, 3.05) is 6.61 Å². The summed E-state index contributed by atoms with van der Waals surface area (Å²) < 4.78 is 386. The zero-order valence-electron chi connectivity index (χ0n) is 20.7. The van der Waals surface area contributed by atoms with Crippen LogP contribution in [0.2, 0.25) is 0 Å². The summed E-state index contributed by atoms with van der Waals surface area (Å²) in [5, 5.41) is 8.11. The summed E-state index contributed by atoms with van der Waals surface area (Å²) in [6.07, 6.45) is -76.7. The zero-order chi connectivity index (χ0) is 40.5. The molecule has 0 rings (SSSR count). The van der Waals surface area contributed by atoms with E-state index in [0.717, 1.165) is 14.2 Å². The molecule has 0 fully saturated rings. The predicted molar refractivity (Wildman–Crippen MR) is 81.8 cm³/mol. The van der Waals surface area contributed by atoms with E-state index in [-0.39, 0.29) is 0 Å². The average Bonchev–Trinajstić information content (AvgIpc) is 2.78. The maximum Gasteiger partial charge on any atom is 0.462 e. The van der Waals surface area contributed by atoms with Gasteiger partial charge >= 0.3 is 84.7 Å². The molecule has 0 aromatic carbocycles. The highest BCUT2D eigenvalue weighted by Gasteiger charge is 2.90. The second-order valence-corrected chi connectivity index (χ2v) is 8.21. The maximum absolute atomic E-state index is 14.3. The lowest BCUT2D eigenvalue weighted by Crippen LogP contribution is -2.72. The Bertz CT molecular complexity index is 1150. The normalized spacial score (nSPS) is 20.7. The van der Waals surface area contributed by atoms with Gasteiger partial charge in [-0.05, 0) is 0 Å². The van der Waals surface area contributed by atoms with Crippen LogP contribution >= 0.6 is 0 Å². The van der Waals surface area contributed by atoms with E-state index in [9.17, 15) is 127 Å². The van der Waals surface area contributed by atoms with Gasteiger partial charge in [0.1, 0.15) is 6.61 Å². The molecule has 0 aliphatic rings. The second-order valence-electron chi connectivity index (χ2n) is 8.21. The number of rotatable bonds is 13. The summed E-state index contributed by atoms with van der Waals surface area (Å²) in [6.45, 7) is -3.78. The molecule has 0 saturated carbocycles. The number of aliphatic hydroxyl groups is 1. The number of alkyl halides is 29. The SMILES string of the molecule is OC[C@](F)(OC(F)(F)[C@](F)(OC(F)(F)[C@@](F)(OC(F)(F)[C@](F)(OC(F)(F)C(F)(F)C(F)(F)F)C(F)(F)F)C(F)(F)F)C(F)(F)F)C(F)(F)F. The fourth-order valence-electron chi connectivity index (χ4n) is 2.19. The Kier molecular flexibility index (Phi) is 11.6. The maximum atomic E-state index is 14.3. The average molecular weight is 814 g/mol. The Balaban J connectivity index is 7.61. The lowest BCUT2D eigenvalue weighted by molar-refractivity contribution is -0.593. The summed E-state index contributed by atoms with van der Waals surface area (Å²) in [5.74, 6) is -42.2. The lowest BCUT2D eigenvalue weighted by Gasteiger charge is -2.44. The standard InChI is InChI=1S/C15H3F29O5/c16-2(1-45,7(22,23)24)46-13(39,40)4(19,9(28,29)30)48-15(43,44)6(21,11(34,35)36)49-14(41,42)5(20,10(31,32)33)47-12(37,38)3(17,18)8(25,26)27/h45H,1H2/t2-,4+,5+,6-/m0/s1. The summed E-state index contributed by atoms with van der Waals surface area (Å²) >= 11 is 0. The van der Waals surface area contributed by atoms with Crippen LogP contribution in [0.1, 0.15) is 0 Å². The number of ether oxygens (including phenoxy) is 4. The van der Waals surface area contributed by atoms with Crippen LogP contribution in [0.5, 0.6) is 0 Å². The smallest absolute Gasteiger partial charge is 0.390 e. The molecule has 49 heavy (non-hydrogen) atoms. The van der Waals surface area contributed by atoms with E-state index >= 15 is 0 Å². The monoisotopic (exact) mass is 814 g/mol. The highest BCUT2D eigenvalue weighted by molar-refractivity contribution is 4.99. The molecule has 0 bridgehead atoms. The highest BCUT2D eigenvalue weighted by Crippen LogP contribution is 2.61. The minimum Gasteiger partial charge on any atom is -0.390 e. The molecule has 5 nitrogen and oxygen atoms in total. The van der Waals surface area contributed by atoms with E-state index in [1.54, 1.807) is 0 Å². The van der Waals surface area contributed by atoms with Crippen LogP contribution in [0, 0.1) is 0 Å². The summed E-state index contributed by atoms with van der Waals surface area (Å²) in [7, 11) is 0. The van der Waals surface area contributed by atoms with E-state index in [1.165, 1.54) is 4.74 Å². The third-order valence-corrected chi connectivity index (χ3v) is 4.66. The van der Waals surface area contributed by atoms with Crippen molar-refractivity contribution in [3.05, 3.63) is 0 Å². The van der Waals surface area contributed by atoms with E-state index in [2.05, 4.69) is 0 Å². The zero-order valence-corrected chi connectivity index (χ0v) is 20.7. The molecule has 0 amide bonds. The van der Waals surface area contributed by atoms with Crippen molar-refractivity contribution >= 4 is 0 Å². The molecular formula is C15H3F29O5. The van der Waals surface area contributed by atoms with Gasteiger partial charge in [-0.2, -0.15) is 127 Å². The third kappa shape index (κ3) is 7.84. The van der Waals surface area contributed by atoms with Gasteiger partial charge in [0.05, 0.1) is 0 Å². The van der Waals surface area contributed by atoms with E-state index in [1.807, 2.05) is 0 Å². The molecule has 0 heterocycles. The van der Waals surface area contributed by atoms with Gasteiger partial charge in [0.2, 0.25) is 0 Å². The largest absolute Gasteiger partial charge is 0.462 e. The van der Waals surface area contributed by atoms with Crippen LogP contribution < -0.4 is 0 Å². The van der Waals surface area contributed by atoms with E-state index < -0.39 is 91.3 Å². The van der Waals surface area contributed by atoms with Crippen molar-refractivity contribution in [1.29, 1.82) is 0 Å². The molecule has 0 unspecified atom stereocenters. The Morgan fingerprint density at radius 1 is 0.286 bits per heavy atom. The van der Waals surface area contributed by atoms with Gasteiger partial charge in [0, 0.05) is 0 Å². The molecule has 0 radical (unpaired) electrons. The first-order chi connectivity index (χ1) is 20.6. The second kappa shape index (κ2) is 12.2. The molecule has 34 heteroatoms. The van der Waals surface area contributed by atoms with Crippen LogP contribution in [0.3, 0.4) is 0 Å². The van der Waals surface area contributed by atoms with Crippen molar-refractivity contribution in [3.8, 4) is 0 Å². The molecule has 0 aliphatic carbocycles. The molecule has 0 spiro atoms. The van der Waals surface area contributed by atoms with Crippen LogP contribution in [0.15, 0.2) is 0 Å². The lowest BCUT2D eigenvalue weighted by atomic mass is 10.2. The fourth-order valence-corrected chi connectivity index (χ4v) is 2.19. The number of halogens is 29. The van der Waals surface area contributed by atoms with Crippen molar-refractivity contribution < 1.29 is 151 Å². The van der Waals surface area contributed by atoms with Gasteiger partial charge in [0.25, 0.3) is 0 Å². The Morgan fingerprint density at radius 3 is 0.694 bits per heavy atom. The van der Waals surface area contributed by atoms with Crippen molar-refractivity contribution in [2.24, 2.45) is 0 Å². The molecular weight excluding hydrogens is 811 g/mol. The number of hydrogen-bond acceptors (Lipinski definition) is 5. The molecule has 4 atom stereocenters. The molecule has 1 N–H and O–H groups in total. The number of aliphatic hydroxyl groups excluding tert-OH is 1. The first-order valence-electron chi connectivity index (χ1n) is 10.0. The van der Waals surface area contributed by atoms with Gasteiger partial charge in [-0.1, -0.05) is 0 Å². The van der Waals surface area contributed by atoms with E-state index in [4.69, 9.17) is 5.11 Å². The van der Waals surface area contributed by atoms with Crippen LogP contribution in [-0.4, -0.2) is 96.4 Å². The fraction of sp³-hybridized carbons (Fsp3) is 1.00. The van der Waals surface area contributed by atoms with Crippen LogP contribution in [0.25, 0.3) is 0 Å². The Labute approximate surface area is 244 Å². The van der Waals surface area contributed by atoms with Crippen LogP contribution in [-0.2, 0) is 18.9 Å². The molecule has 0 aliphatic heterocycles. The summed E-state index contributed by atoms with van der Waals surface area (Å²) in [6, 6.07) is 0. The van der Waals surface area contributed by atoms with Crippen molar-refractivity contribution in [2.45, 2.75) is 84.7 Å². The first kappa shape index (κ1) is 46.8. The topological polar surface area (TPSA) is 57.2 Å². The van der Waals surface area contributed by atoms with Crippen molar-refractivity contribution in [1.82, 2.24) is 0 Å². The summed E-state index contributed by atoms with van der Waals surface area (Å²) in [4.78, 5) is 0. The van der Waals surface area contributed by atoms with Gasteiger partial charge in [-0.3, -0.25) is 18.9 Å². The summed E-state index contributed by atoms with van der Waals surface area (Å²) in [5.41, 5.74) is 0. The molecule has 0 aromatic rings. The van der Waals surface area contributed by atoms with Gasteiger partial charge in [0.15, 0.2) is 0 Å². The molecule has 0 saturated heterocycles. The quantitative estimate of drug-likeness (QED) is 0.189.